The number of hydrogen-bond donors (Lipinski definition) is 0. The van der Waals surface area contributed by atoms with Crippen molar-refractivity contribution >= 4 is 51.2 Å². The molecule has 1 aliphatic heterocycles. The molecule has 0 bridgehead atoms. The molecule has 0 amide bonds. The zero-order valence-electron chi connectivity index (χ0n) is 16.0. The van der Waals surface area contributed by atoms with Crippen molar-refractivity contribution in [3.05, 3.63) is 0 Å². The lowest BCUT2D eigenvalue weighted by Gasteiger charge is -2.19. The summed E-state index contributed by atoms with van der Waals surface area (Å²) in [5, 5.41) is 0.726. The number of carbonyl (C=O) groups excluding carboxylic acids is 2. The number of methoxy groups -OCH3 is 1. The fourth-order valence-electron chi connectivity index (χ4n) is 3.03. The van der Waals surface area contributed by atoms with Crippen LogP contribution in [0.2, 0.25) is 0 Å². The van der Waals surface area contributed by atoms with E-state index in [0.717, 1.165) is 50.7 Å². The first-order valence-electron chi connectivity index (χ1n) is 9.63. The molecule has 1 fully saturated rings. The molecule has 1 heterocycles. The third-order valence-electron chi connectivity index (χ3n) is 4.50. The number of thioether (sulfide) groups is 2. The van der Waals surface area contributed by atoms with E-state index in [9.17, 15) is 9.59 Å². The first-order chi connectivity index (χ1) is 12.6. The molecule has 0 spiro atoms. The average molecular weight is 421 g/mol. The van der Waals surface area contributed by atoms with Crippen LogP contribution in [0.5, 0.6) is 0 Å². The Morgan fingerprint density at radius 3 is 2.58 bits per heavy atom. The second kappa shape index (κ2) is 14.7. The molecule has 1 saturated heterocycles. The minimum absolute atomic E-state index is 0.116. The van der Waals surface area contributed by atoms with Crippen LogP contribution in [-0.2, 0) is 19.1 Å². The van der Waals surface area contributed by atoms with E-state index in [1.54, 1.807) is 11.8 Å². The van der Waals surface area contributed by atoms with Gasteiger partial charge in [-0.05, 0) is 44.8 Å². The molecular formula is C19H32O4S3. The molecule has 2 unspecified atom stereocenters. The molecule has 1 rings (SSSR count). The molecule has 1 aliphatic rings. The third kappa shape index (κ3) is 10.8. The van der Waals surface area contributed by atoms with Gasteiger partial charge in [0.25, 0.3) is 0 Å². The quantitative estimate of drug-likeness (QED) is 0.225. The Bertz CT molecular complexity index is 443. The molecule has 0 aromatic heterocycles. The molecule has 0 aromatic carbocycles. The molecule has 0 N–H and O–H groups in total. The smallest absolute Gasteiger partial charge is 0.305 e. The maximum Gasteiger partial charge on any atom is 0.305 e. The zero-order chi connectivity index (χ0) is 19.2. The van der Waals surface area contributed by atoms with E-state index in [4.69, 9.17) is 17.0 Å². The lowest BCUT2D eigenvalue weighted by Crippen LogP contribution is -2.16. The van der Waals surface area contributed by atoms with Crippen molar-refractivity contribution in [3.63, 3.8) is 0 Å². The number of unbranched alkanes of at least 4 members (excludes halogenated alkanes) is 5. The van der Waals surface area contributed by atoms with Crippen LogP contribution in [0.3, 0.4) is 0 Å². The van der Waals surface area contributed by atoms with Crippen LogP contribution in [0.15, 0.2) is 0 Å². The number of hydrogen-bond acceptors (Lipinski definition) is 7. The second-order valence-corrected chi connectivity index (χ2v) is 9.55. The standard InChI is InChI=1S/C19H32O4S3/c1-3-23-19(24)26-16(14-15-12-13-25-18(15)21)10-8-6-4-5-7-9-11-17(20)22-2/h15-16H,3-14H2,1-2H3. The maximum atomic E-state index is 11.9. The topological polar surface area (TPSA) is 52.6 Å². The summed E-state index contributed by atoms with van der Waals surface area (Å²) in [4.78, 5) is 23.0. The maximum absolute atomic E-state index is 11.9. The van der Waals surface area contributed by atoms with Gasteiger partial charge in [-0.3, -0.25) is 9.59 Å². The second-order valence-electron chi connectivity index (χ2n) is 6.55. The van der Waals surface area contributed by atoms with Gasteiger partial charge >= 0.3 is 5.97 Å². The van der Waals surface area contributed by atoms with Crippen molar-refractivity contribution in [3.8, 4) is 0 Å². The minimum atomic E-state index is -0.116. The fraction of sp³-hybridized carbons (Fsp3) is 0.842. The summed E-state index contributed by atoms with van der Waals surface area (Å²) in [5.41, 5.74) is 0. The van der Waals surface area contributed by atoms with Crippen molar-refractivity contribution in [2.24, 2.45) is 5.92 Å². The normalized spacial score (nSPS) is 17.9. The SMILES string of the molecule is CCOC(=S)SC(CCCCCCCCC(=O)OC)CC1CCSC1=O. The van der Waals surface area contributed by atoms with Crippen LogP contribution in [0.1, 0.15) is 71.1 Å². The monoisotopic (exact) mass is 420 g/mol. The predicted molar refractivity (Wildman–Crippen MR) is 115 cm³/mol. The van der Waals surface area contributed by atoms with E-state index in [2.05, 4.69) is 4.74 Å². The van der Waals surface area contributed by atoms with Crippen molar-refractivity contribution < 1.29 is 19.1 Å². The van der Waals surface area contributed by atoms with Gasteiger partial charge in [0, 0.05) is 23.3 Å². The van der Waals surface area contributed by atoms with Crippen LogP contribution in [0.4, 0.5) is 0 Å². The number of rotatable bonds is 13. The summed E-state index contributed by atoms with van der Waals surface area (Å²) in [6.45, 7) is 2.54. The molecule has 26 heavy (non-hydrogen) atoms. The Morgan fingerprint density at radius 1 is 1.27 bits per heavy atom. The van der Waals surface area contributed by atoms with Crippen LogP contribution >= 0.6 is 35.7 Å². The molecule has 2 atom stereocenters. The van der Waals surface area contributed by atoms with Gasteiger partial charge in [0.1, 0.15) is 0 Å². The number of ether oxygens (including phenoxy) is 2. The molecular weight excluding hydrogens is 388 g/mol. The number of thiocarbonyl (C=S) groups is 1. The van der Waals surface area contributed by atoms with Gasteiger partial charge in [-0.2, -0.15) is 0 Å². The molecule has 7 heteroatoms. The van der Waals surface area contributed by atoms with Gasteiger partial charge in [0.05, 0.1) is 13.7 Å². The van der Waals surface area contributed by atoms with Gasteiger partial charge in [0.2, 0.25) is 4.38 Å². The molecule has 0 saturated carbocycles. The first kappa shape index (κ1) is 23.8. The fourth-order valence-corrected chi connectivity index (χ4v) is 5.68. The number of carbonyl (C=O) groups is 2. The van der Waals surface area contributed by atoms with Crippen molar-refractivity contribution in [1.29, 1.82) is 0 Å². The third-order valence-corrected chi connectivity index (χ3v) is 7.04. The van der Waals surface area contributed by atoms with Gasteiger partial charge in [-0.1, -0.05) is 55.6 Å². The Morgan fingerprint density at radius 2 is 1.96 bits per heavy atom. The van der Waals surface area contributed by atoms with E-state index in [-0.39, 0.29) is 11.9 Å². The van der Waals surface area contributed by atoms with Gasteiger partial charge in [-0.25, -0.2) is 0 Å². The highest BCUT2D eigenvalue weighted by Crippen LogP contribution is 2.34. The average Bonchev–Trinajstić information content (AvgIpc) is 3.01. The van der Waals surface area contributed by atoms with Gasteiger partial charge in [0.15, 0.2) is 5.12 Å². The summed E-state index contributed by atoms with van der Waals surface area (Å²) in [5.74, 6) is 1.04. The van der Waals surface area contributed by atoms with Gasteiger partial charge in [-0.15, -0.1) is 0 Å². The number of esters is 1. The van der Waals surface area contributed by atoms with E-state index in [1.165, 1.54) is 31.7 Å². The highest BCUT2D eigenvalue weighted by atomic mass is 32.2. The van der Waals surface area contributed by atoms with E-state index in [0.29, 0.717) is 27.8 Å². The Hall–Kier alpha value is -0.270. The summed E-state index contributed by atoms with van der Waals surface area (Å²) in [6.07, 6.45) is 10.2. The lowest BCUT2D eigenvalue weighted by molar-refractivity contribution is -0.140. The Labute approximate surface area is 171 Å². The van der Waals surface area contributed by atoms with E-state index in [1.807, 2.05) is 6.92 Å². The predicted octanol–water partition coefficient (Wildman–Crippen LogP) is 5.37. The van der Waals surface area contributed by atoms with E-state index >= 15 is 0 Å². The molecule has 0 radical (unpaired) electrons. The van der Waals surface area contributed by atoms with Crippen LogP contribution in [-0.4, -0.2) is 40.2 Å². The summed E-state index contributed by atoms with van der Waals surface area (Å²) >= 11 is 8.40. The zero-order valence-corrected chi connectivity index (χ0v) is 18.4. The first-order valence-corrected chi connectivity index (χ1v) is 11.9. The highest BCUT2D eigenvalue weighted by Gasteiger charge is 2.28. The largest absolute Gasteiger partial charge is 0.479 e. The summed E-state index contributed by atoms with van der Waals surface area (Å²) in [7, 11) is 1.44. The molecule has 0 aliphatic carbocycles. The summed E-state index contributed by atoms with van der Waals surface area (Å²) < 4.78 is 10.7. The van der Waals surface area contributed by atoms with Crippen molar-refractivity contribution in [1.82, 2.24) is 0 Å². The molecule has 0 aromatic rings. The molecule has 150 valence electrons. The van der Waals surface area contributed by atoms with Crippen LogP contribution < -0.4 is 0 Å². The van der Waals surface area contributed by atoms with Crippen molar-refractivity contribution in [2.75, 3.05) is 19.5 Å². The van der Waals surface area contributed by atoms with Crippen molar-refractivity contribution in [2.45, 2.75) is 76.4 Å². The Kier molecular flexibility index (Phi) is 13.5. The van der Waals surface area contributed by atoms with Crippen LogP contribution in [0.25, 0.3) is 0 Å². The van der Waals surface area contributed by atoms with Crippen LogP contribution in [0, 0.1) is 5.92 Å². The molecule has 4 nitrogen and oxygen atoms in total. The summed E-state index contributed by atoms with van der Waals surface area (Å²) in [6, 6.07) is 0. The highest BCUT2D eigenvalue weighted by molar-refractivity contribution is 8.23. The van der Waals surface area contributed by atoms with Gasteiger partial charge < -0.3 is 9.47 Å². The minimum Gasteiger partial charge on any atom is -0.479 e. The van der Waals surface area contributed by atoms with E-state index < -0.39 is 0 Å². The Balaban J connectivity index is 2.21. The lowest BCUT2D eigenvalue weighted by atomic mass is 9.98.